The van der Waals surface area contributed by atoms with Crippen LogP contribution >= 0.6 is 0 Å². The number of carbonyl (C=O) groups excluding carboxylic acids is 1. The molecule has 0 unspecified atom stereocenters. The minimum atomic E-state index is -1.34. The Balaban J connectivity index is 2.89. The van der Waals surface area contributed by atoms with Crippen LogP contribution in [0.25, 0.3) is 0 Å². The first-order chi connectivity index (χ1) is 7.07. The van der Waals surface area contributed by atoms with Crippen LogP contribution in [0.3, 0.4) is 0 Å². The molecule has 0 spiro atoms. The van der Waals surface area contributed by atoms with Gasteiger partial charge in [-0.25, -0.2) is 9.18 Å². The molecule has 0 aromatic heterocycles. The molecular formula is C11H13FO3. The van der Waals surface area contributed by atoms with Gasteiger partial charge < -0.3 is 9.84 Å². The third-order valence-electron chi connectivity index (χ3n) is 2.31. The summed E-state index contributed by atoms with van der Waals surface area (Å²) in [5.41, 5.74) is 0.301. The number of hydrogen-bond acceptors (Lipinski definition) is 3. The monoisotopic (exact) mass is 212 g/mol. The third kappa shape index (κ3) is 2.53. The predicted molar refractivity (Wildman–Crippen MR) is 52.8 cm³/mol. The van der Waals surface area contributed by atoms with E-state index in [1.807, 2.05) is 0 Å². The van der Waals surface area contributed by atoms with Crippen LogP contribution in [-0.4, -0.2) is 24.3 Å². The van der Waals surface area contributed by atoms with Crippen molar-refractivity contribution in [2.75, 3.05) is 7.11 Å². The molecule has 0 heterocycles. The molecule has 0 saturated carbocycles. The quantitative estimate of drug-likeness (QED) is 0.771. The van der Waals surface area contributed by atoms with E-state index in [2.05, 4.69) is 4.74 Å². The molecule has 0 aliphatic rings. The Morgan fingerprint density at radius 2 is 2.07 bits per heavy atom. The average Bonchev–Trinajstić information content (AvgIpc) is 2.26. The van der Waals surface area contributed by atoms with Crippen LogP contribution in [0.4, 0.5) is 4.39 Å². The van der Waals surface area contributed by atoms with Crippen LogP contribution in [0, 0.1) is 5.82 Å². The van der Waals surface area contributed by atoms with E-state index in [4.69, 9.17) is 0 Å². The first kappa shape index (κ1) is 11.7. The van der Waals surface area contributed by atoms with E-state index in [1.165, 1.54) is 19.2 Å². The van der Waals surface area contributed by atoms with Gasteiger partial charge in [0.25, 0.3) is 0 Å². The van der Waals surface area contributed by atoms with Gasteiger partial charge in [0, 0.05) is 5.92 Å². The van der Waals surface area contributed by atoms with Gasteiger partial charge in [-0.3, -0.25) is 0 Å². The number of hydrogen-bond donors (Lipinski definition) is 1. The van der Waals surface area contributed by atoms with Gasteiger partial charge in [0.05, 0.1) is 7.11 Å². The van der Waals surface area contributed by atoms with E-state index in [-0.39, 0.29) is 0 Å². The summed E-state index contributed by atoms with van der Waals surface area (Å²) in [5, 5.41) is 9.52. The van der Waals surface area contributed by atoms with Gasteiger partial charge >= 0.3 is 5.97 Å². The Kier molecular flexibility index (Phi) is 3.80. The maximum Gasteiger partial charge on any atom is 0.335 e. The van der Waals surface area contributed by atoms with Crippen LogP contribution in [0.5, 0.6) is 0 Å². The molecule has 0 radical (unpaired) electrons. The molecule has 4 heteroatoms. The van der Waals surface area contributed by atoms with E-state index in [0.717, 1.165) is 0 Å². The van der Waals surface area contributed by atoms with Gasteiger partial charge in [-0.15, -0.1) is 0 Å². The number of esters is 1. The predicted octanol–water partition coefficient (Wildman–Crippen LogP) is 1.46. The Morgan fingerprint density at radius 1 is 1.47 bits per heavy atom. The van der Waals surface area contributed by atoms with E-state index in [0.29, 0.717) is 5.56 Å². The Hall–Kier alpha value is -1.42. The van der Waals surface area contributed by atoms with Crippen LogP contribution in [-0.2, 0) is 9.53 Å². The molecule has 0 saturated heterocycles. The van der Waals surface area contributed by atoms with Crippen LogP contribution in [0.1, 0.15) is 18.4 Å². The second kappa shape index (κ2) is 4.89. The van der Waals surface area contributed by atoms with Crippen LogP contribution in [0.2, 0.25) is 0 Å². The lowest BCUT2D eigenvalue weighted by Crippen LogP contribution is -2.28. The Labute approximate surface area is 87.5 Å². The van der Waals surface area contributed by atoms with E-state index < -0.39 is 23.8 Å². The van der Waals surface area contributed by atoms with Crippen molar-refractivity contribution in [3.63, 3.8) is 0 Å². The number of ether oxygens (including phenoxy) is 1. The summed E-state index contributed by atoms with van der Waals surface area (Å²) in [6, 6.07) is 6.02. The highest BCUT2D eigenvalue weighted by atomic mass is 19.1. The molecule has 1 aromatic carbocycles. The molecule has 1 N–H and O–H groups in total. The molecule has 1 aromatic rings. The van der Waals surface area contributed by atoms with Crippen molar-refractivity contribution in [2.45, 2.75) is 18.9 Å². The van der Waals surface area contributed by atoms with Crippen molar-refractivity contribution >= 4 is 5.97 Å². The van der Waals surface area contributed by atoms with Gasteiger partial charge in [-0.1, -0.05) is 25.1 Å². The van der Waals surface area contributed by atoms with Gasteiger partial charge in [-0.2, -0.15) is 0 Å². The highest BCUT2D eigenvalue weighted by Gasteiger charge is 2.26. The first-order valence-corrected chi connectivity index (χ1v) is 4.58. The summed E-state index contributed by atoms with van der Waals surface area (Å²) in [6.07, 6.45) is -1.34. The average molecular weight is 212 g/mol. The number of aliphatic hydroxyl groups is 1. The minimum absolute atomic E-state index is 0.301. The Bertz CT molecular complexity index is 351. The lowest BCUT2D eigenvalue weighted by Gasteiger charge is -2.17. The minimum Gasteiger partial charge on any atom is -0.467 e. The molecule has 15 heavy (non-hydrogen) atoms. The van der Waals surface area contributed by atoms with Gasteiger partial charge in [0.2, 0.25) is 0 Å². The lowest BCUT2D eigenvalue weighted by molar-refractivity contribution is -0.151. The van der Waals surface area contributed by atoms with E-state index >= 15 is 0 Å². The normalized spacial score (nSPS) is 14.4. The smallest absolute Gasteiger partial charge is 0.335 e. The molecule has 0 aliphatic heterocycles. The maximum atomic E-state index is 13.3. The van der Waals surface area contributed by atoms with Gasteiger partial charge in [-0.05, 0) is 11.6 Å². The number of rotatable bonds is 3. The molecule has 0 fully saturated rings. The SMILES string of the molecule is COC(=O)[C@H](O)[C@@H](C)c1ccccc1F. The van der Waals surface area contributed by atoms with Crippen LogP contribution in [0.15, 0.2) is 24.3 Å². The molecule has 0 aliphatic carbocycles. The maximum absolute atomic E-state index is 13.3. The molecular weight excluding hydrogens is 199 g/mol. The zero-order valence-corrected chi connectivity index (χ0v) is 8.61. The molecule has 82 valence electrons. The van der Waals surface area contributed by atoms with Crippen molar-refractivity contribution in [1.82, 2.24) is 0 Å². The zero-order valence-electron chi connectivity index (χ0n) is 8.61. The largest absolute Gasteiger partial charge is 0.467 e. The molecule has 1 rings (SSSR count). The van der Waals surface area contributed by atoms with Gasteiger partial charge in [0.15, 0.2) is 6.10 Å². The topological polar surface area (TPSA) is 46.5 Å². The molecule has 0 amide bonds. The molecule has 3 nitrogen and oxygen atoms in total. The zero-order chi connectivity index (χ0) is 11.4. The fourth-order valence-electron chi connectivity index (χ4n) is 1.34. The second-order valence-electron chi connectivity index (χ2n) is 3.28. The van der Waals surface area contributed by atoms with Crippen molar-refractivity contribution in [1.29, 1.82) is 0 Å². The number of benzene rings is 1. The summed E-state index contributed by atoms with van der Waals surface area (Å²) in [4.78, 5) is 11.0. The summed E-state index contributed by atoms with van der Waals surface area (Å²) in [7, 11) is 1.18. The summed E-state index contributed by atoms with van der Waals surface area (Å²) in [6.45, 7) is 1.57. The number of halogens is 1. The van der Waals surface area contributed by atoms with Crippen molar-refractivity contribution in [2.24, 2.45) is 0 Å². The molecule has 0 bridgehead atoms. The Morgan fingerprint density at radius 3 is 2.60 bits per heavy atom. The highest BCUT2D eigenvalue weighted by Crippen LogP contribution is 2.22. The number of aliphatic hydroxyl groups excluding tert-OH is 1. The van der Waals surface area contributed by atoms with E-state index in [9.17, 15) is 14.3 Å². The highest BCUT2D eigenvalue weighted by molar-refractivity contribution is 5.75. The number of methoxy groups -OCH3 is 1. The molecule has 2 atom stereocenters. The first-order valence-electron chi connectivity index (χ1n) is 4.58. The number of carbonyl (C=O) groups is 1. The third-order valence-corrected chi connectivity index (χ3v) is 2.31. The van der Waals surface area contributed by atoms with Crippen molar-refractivity contribution in [3.8, 4) is 0 Å². The standard InChI is InChI=1S/C11H13FO3/c1-7(10(13)11(14)15-2)8-5-3-4-6-9(8)12/h3-7,10,13H,1-2H3/t7-,10+/m0/s1. The summed E-state index contributed by atoms with van der Waals surface area (Å²) < 4.78 is 17.7. The fraction of sp³-hybridized carbons (Fsp3) is 0.364. The van der Waals surface area contributed by atoms with Crippen LogP contribution < -0.4 is 0 Å². The fourth-order valence-corrected chi connectivity index (χ4v) is 1.34. The summed E-state index contributed by atoms with van der Waals surface area (Å²) in [5.74, 6) is -1.82. The van der Waals surface area contributed by atoms with Crippen molar-refractivity contribution in [3.05, 3.63) is 35.6 Å². The summed E-state index contributed by atoms with van der Waals surface area (Å²) >= 11 is 0. The van der Waals surface area contributed by atoms with Gasteiger partial charge in [0.1, 0.15) is 5.82 Å². The second-order valence-corrected chi connectivity index (χ2v) is 3.28. The van der Waals surface area contributed by atoms with E-state index in [1.54, 1.807) is 19.1 Å². The lowest BCUT2D eigenvalue weighted by atomic mass is 9.95. The van der Waals surface area contributed by atoms with Crippen molar-refractivity contribution < 1.29 is 19.0 Å².